The van der Waals surface area contributed by atoms with Gasteiger partial charge in [-0.05, 0) is 35.9 Å². The highest BCUT2D eigenvalue weighted by Crippen LogP contribution is 2.32. The van der Waals surface area contributed by atoms with E-state index in [-0.39, 0.29) is 34.2 Å². The quantitative estimate of drug-likeness (QED) is 0.556. The van der Waals surface area contributed by atoms with Gasteiger partial charge in [-0.3, -0.25) is 4.79 Å². The van der Waals surface area contributed by atoms with Gasteiger partial charge in [-0.15, -0.1) is 0 Å². The molecule has 0 aliphatic carbocycles. The van der Waals surface area contributed by atoms with E-state index >= 15 is 0 Å². The van der Waals surface area contributed by atoms with Crippen molar-refractivity contribution >= 4 is 11.9 Å². The van der Waals surface area contributed by atoms with Crippen LogP contribution in [0.2, 0.25) is 0 Å². The number of methoxy groups -OCH3 is 2. The summed E-state index contributed by atoms with van der Waals surface area (Å²) in [4.78, 5) is 12.3. The van der Waals surface area contributed by atoms with Crippen LogP contribution in [0.5, 0.6) is 23.0 Å². The fraction of sp³-hybridized carbons (Fsp3) is 0.167. The lowest BCUT2D eigenvalue weighted by Crippen LogP contribution is -1.99. The predicted octanol–water partition coefficient (Wildman–Crippen LogP) is 2.50. The second kappa shape index (κ2) is 7.52. The molecule has 126 valence electrons. The van der Waals surface area contributed by atoms with Gasteiger partial charge in [0.25, 0.3) is 0 Å². The number of aromatic hydroxyl groups is 2. The fourth-order valence-electron chi connectivity index (χ4n) is 2.15. The van der Waals surface area contributed by atoms with Crippen molar-refractivity contribution in [2.24, 2.45) is 0 Å². The molecule has 0 bridgehead atoms. The summed E-state index contributed by atoms with van der Waals surface area (Å²) in [5.41, 5.74) is 1.15. The van der Waals surface area contributed by atoms with Gasteiger partial charge in [0.2, 0.25) is 0 Å². The zero-order chi connectivity index (χ0) is 17.7. The molecular weight excluding hydrogens is 312 g/mol. The largest absolute Gasteiger partial charge is 0.504 e. The van der Waals surface area contributed by atoms with Gasteiger partial charge in [0.15, 0.2) is 28.8 Å². The number of hydrogen-bond donors (Lipinski definition) is 3. The van der Waals surface area contributed by atoms with Gasteiger partial charge < -0.3 is 24.8 Å². The van der Waals surface area contributed by atoms with Gasteiger partial charge >= 0.3 is 0 Å². The number of phenolic OH excluding ortho intramolecular Hbond substituents is 1. The number of carbonyl (C=O) groups is 1. The SMILES string of the molecule is COc1cc(C=CC(=O)c2cc(CO)c(O)c(OC)c2)ccc1O. The molecule has 2 aromatic rings. The van der Waals surface area contributed by atoms with Crippen molar-refractivity contribution in [3.8, 4) is 23.0 Å². The molecule has 0 heterocycles. The Balaban J connectivity index is 2.29. The minimum Gasteiger partial charge on any atom is -0.504 e. The molecule has 0 radical (unpaired) electrons. The average Bonchev–Trinajstić information content (AvgIpc) is 2.60. The number of aliphatic hydroxyl groups is 1. The topological polar surface area (TPSA) is 96.2 Å². The van der Waals surface area contributed by atoms with Gasteiger partial charge in [-0.1, -0.05) is 12.1 Å². The van der Waals surface area contributed by atoms with E-state index in [0.717, 1.165) is 0 Å². The predicted molar refractivity (Wildman–Crippen MR) is 88.6 cm³/mol. The summed E-state index contributed by atoms with van der Waals surface area (Å²) in [7, 11) is 2.80. The Labute approximate surface area is 139 Å². The van der Waals surface area contributed by atoms with E-state index in [0.29, 0.717) is 11.3 Å². The third-order valence-electron chi connectivity index (χ3n) is 3.46. The molecular formula is C18H18O6. The van der Waals surface area contributed by atoms with E-state index in [1.54, 1.807) is 18.2 Å². The van der Waals surface area contributed by atoms with Crippen LogP contribution in [0.25, 0.3) is 6.08 Å². The maximum absolute atomic E-state index is 12.3. The molecule has 0 aliphatic rings. The highest BCUT2D eigenvalue weighted by Gasteiger charge is 2.13. The fourth-order valence-corrected chi connectivity index (χ4v) is 2.15. The Morgan fingerprint density at radius 1 is 1.08 bits per heavy atom. The molecule has 0 aromatic heterocycles. The van der Waals surface area contributed by atoms with Crippen LogP contribution in [0.4, 0.5) is 0 Å². The van der Waals surface area contributed by atoms with Gasteiger partial charge in [-0.2, -0.15) is 0 Å². The monoisotopic (exact) mass is 330 g/mol. The van der Waals surface area contributed by atoms with Crippen molar-refractivity contribution in [1.82, 2.24) is 0 Å². The summed E-state index contributed by atoms with van der Waals surface area (Å²) in [6.45, 7) is -0.414. The first-order chi connectivity index (χ1) is 11.5. The average molecular weight is 330 g/mol. The van der Waals surface area contributed by atoms with Crippen LogP contribution in [0, 0.1) is 0 Å². The van der Waals surface area contributed by atoms with Gasteiger partial charge in [0, 0.05) is 11.1 Å². The Morgan fingerprint density at radius 3 is 2.42 bits per heavy atom. The molecule has 0 amide bonds. The van der Waals surface area contributed by atoms with Crippen LogP contribution in [0.3, 0.4) is 0 Å². The number of aliphatic hydroxyl groups excluding tert-OH is 1. The van der Waals surface area contributed by atoms with Crippen LogP contribution >= 0.6 is 0 Å². The van der Waals surface area contributed by atoms with Gasteiger partial charge in [-0.25, -0.2) is 0 Å². The number of ether oxygens (including phenoxy) is 2. The van der Waals surface area contributed by atoms with Crippen LogP contribution in [0.15, 0.2) is 36.4 Å². The van der Waals surface area contributed by atoms with E-state index < -0.39 is 6.61 Å². The molecule has 0 spiro atoms. The molecule has 6 nitrogen and oxygen atoms in total. The maximum Gasteiger partial charge on any atom is 0.186 e. The third kappa shape index (κ3) is 3.67. The molecule has 0 aliphatic heterocycles. The first-order valence-electron chi connectivity index (χ1n) is 7.10. The van der Waals surface area contributed by atoms with Crippen molar-refractivity contribution in [3.05, 3.63) is 53.1 Å². The number of ketones is 1. The number of carbonyl (C=O) groups excluding carboxylic acids is 1. The number of rotatable bonds is 6. The second-order valence-corrected chi connectivity index (χ2v) is 4.97. The Morgan fingerprint density at radius 2 is 1.79 bits per heavy atom. The Kier molecular flexibility index (Phi) is 5.44. The molecule has 3 N–H and O–H groups in total. The summed E-state index contributed by atoms with van der Waals surface area (Å²) >= 11 is 0. The second-order valence-electron chi connectivity index (χ2n) is 4.97. The zero-order valence-electron chi connectivity index (χ0n) is 13.3. The van der Waals surface area contributed by atoms with E-state index in [2.05, 4.69) is 0 Å². The molecule has 2 aromatic carbocycles. The molecule has 24 heavy (non-hydrogen) atoms. The van der Waals surface area contributed by atoms with Crippen LogP contribution in [0.1, 0.15) is 21.5 Å². The van der Waals surface area contributed by atoms with Crippen molar-refractivity contribution in [2.75, 3.05) is 14.2 Å². The lowest BCUT2D eigenvalue weighted by Gasteiger charge is -2.09. The van der Waals surface area contributed by atoms with E-state index in [9.17, 15) is 20.1 Å². The smallest absolute Gasteiger partial charge is 0.186 e. The van der Waals surface area contributed by atoms with Crippen molar-refractivity contribution in [3.63, 3.8) is 0 Å². The number of phenols is 2. The third-order valence-corrected chi connectivity index (χ3v) is 3.46. The van der Waals surface area contributed by atoms with Crippen LogP contribution in [-0.4, -0.2) is 35.3 Å². The van der Waals surface area contributed by atoms with Gasteiger partial charge in [0.05, 0.1) is 20.8 Å². The van der Waals surface area contributed by atoms with E-state index in [1.807, 2.05) is 0 Å². The summed E-state index contributed by atoms with van der Waals surface area (Å²) in [6.07, 6.45) is 2.92. The number of benzene rings is 2. The number of hydrogen-bond acceptors (Lipinski definition) is 6. The Bertz CT molecular complexity index is 754. The number of allylic oxidation sites excluding steroid dienone is 1. The Hall–Kier alpha value is -2.99. The van der Waals surface area contributed by atoms with Crippen LogP contribution < -0.4 is 9.47 Å². The van der Waals surface area contributed by atoms with Crippen LogP contribution in [-0.2, 0) is 6.61 Å². The molecule has 2 rings (SSSR count). The molecule has 0 saturated carbocycles. The van der Waals surface area contributed by atoms with Crippen molar-refractivity contribution < 1.29 is 29.6 Å². The maximum atomic E-state index is 12.3. The summed E-state index contributed by atoms with van der Waals surface area (Å²) in [6, 6.07) is 7.50. The first kappa shape index (κ1) is 17.4. The van der Waals surface area contributed by atoms with Crippen molar-refractivity contribution in [1.29, 1.82) is 0 Å². The highest BCUT2D eigenvalue weighted by molar-refractivity contribution is 6.07. The highest BCUT2D eigenvalue weighted by atomic mass is 16.5. The summed E-state index contributed by atoms with van der Waals surface area (Å²) in [5.74, 6) is -0.0845. The van der Waals surface area contributed by atoms with E-state index in [4.69, 9.17) is 9.47 Å². The standard InChI is InChI=1S/C18H18O6/c1-23-16-7-11(4-6-15(16)21)3-5-14(20)12-8-13(10-19)18(22)17(9-12)24-2/h3-9,19,21-22H,10H2,1-2H3. The van der Waals surface area contributed by atoms with E-state index in [1.165, 1.54) is 38.5 Å². The lowest BCUT2D eigenvalue weighted by atomic mass is 10.0. The zero-order valence-corrected chi connectivity index (χ0v) is 13.3. The molecule has 0 fully saturated rings. The molecule has 0 unspecified atom stereocenters. The molecule has 6 heteroatoms. The molecule has 0 atom stereocenters. The van der Waals surface area contributed by atoms with Gasteiger partial charge in [0.1, 0.15) is 0 Å². The first-order valence-corrected chi connectivity index (χ1v) is 7.10. The summed E-state index contributed by atoms with van der Waals surface area (Å²) in [5, 5.41) is 28.6. The normalized spacial score (nSPS) is 10.8. The lowest BCUT2D eigenvalue weighted by molar-refractivity contribution is 0.104. The molecule has 0 saturated heterocycles. The minimum absolute atomic E-state index is 0.0110. The minimum atomic E-state index is -0.414. The van der Waals surface area contributed by atoms with Crippen molar-refractivity contribution in [2.45, 2.75) is 6.61 Å². The summed E-state index contributed by atoms with van der Waals surface area (Å²) < 4.78 is 10.0.